The van der Waals surface area contributed by atoms with Gasteiger partial charge in [-0.05, 0) is 6.42 Å². The minimum atomic E-state index is -0.330. The third-order valence-corrected chi connectivity index (χ3v) is 0.909. The van der Waals surface area contributed by atoms with Crippen LogP contribution in [-0.4, -0.2) is 12.6 Å². The number of carbonyl (C=O) groups excluding carboxylic acids is 1. The first-order valence-electron chi connectivity index (χ1n) is 3.60. The van der Waals surface area contributed by atoms with Gasteiger partial charge in [-0.15, -0.1) is 13.2 Å². The molecule has 0 aliphatic heterocycles. The van der Waals surface area contributed by atoms with Gasteiger partial charge < -0.3 is 4.74 Å². The van der Waals surface area contributed by atoms with Crippen LogP contribution in [0.2, 0.25) is 0 Å². The van der Waals surface area contributed by atoms with Gasteiger partial charge in [-0.2, -0.15) is 0 Å². The Bertz CT molecular complexity index is 108. The fourth-order valence-electron chi connectivity index (χ4n) is 0.376. The molecule has 0 unspecified atom stereocenters. The van der Waals surface area contributed by atoms with Crippen LogP contribution in [0.25, 0.3) is 0 Å². The molecule has 0 saturated heterocycles. The first kappa shape index (κ1) is 17.2. The van der Waals surface area contributed by atoms with Crippen LogP contribution in [0.15, 0.2) is 25.8 Å². The summed E-state index contributed by atoms with van der Waals surface area (Å²) < 4.78 is 4.67. The van der Waals surface area contributed by atoms with E-state index in [0.29, 0.717) is 6.61 Å². The standard InChI is InChI=1S/C7H12O2.C2H4.CH4/c1-3-5-6-9-7(8)4-2;1-2;/h4H,2-3,5-6H2,1H3;1-2H2;1H4. The van der Waals surface area contributed by atoms with E-state index in [2.05, 4.69) is 24.5 Å². The number of carbonyl (C=O) groups is 1. The molecule has 0 aromatic carbocycles. The van der Waals surface area contributed by atoms with Crippen molar-refractivity contribution in [1.82, 2.24) is 0 Å². The molecule has 0 rings (SSSR count). The van der Waals surface area contributed by atoms with Crippen LogP contribution in [0.3, 0.4) is 0 Å². The van der Waals surface area contributed by atoms with E-state index >= 15 is 0 Å². The predicted octanol–water partition coefficient (Wildman–Crippen LogP) is 2.95. The summed E-state index contributed by atoms with van der Waals surface area (Å²) in [5.74, 6) is -0.330. The van der Waals surface area contributed by atoms with Gasteiger partial charge >= 0.3 is 5.97 Å². The quantitative estimate of drug-likeness (QED) is 0.282. The van der Waals surface area contributed by atoms with Gasteiger partial charge in [0.2, 0.25) is 0 Å². The summed E-state index contributed by atoms with van der Waals surface area (Å²) in [5.41, 5.74) is 0. The van der Waals surface area contributed by atoms with E-state index in [1.165, 1.54) is 6.08 Å². The van der Waals surface area contributed by atoms with Crippen molar-refractivity contribution < 1.29 is 9.53 Å². The third kappa shape index (κ3) is 16.0. The predicted molar refractivity (Wildman–Crippen MR) is 54.0 cm³/mol. The van der Waals surface area contributed by atoms with E-state index < -0.39 is 0 Å². The summed E-state index contributed by atoms with van der Waals surface area (Å²) >= 11 is 0. The molecule has 0 spiro atoms. The third-order valence-electron chi connectivity index (χ3n) is 0.909. The summed E-state index contributed by atoms with van der Waals surface area (Å²) in [6.07, 6.45) is 3.15. The highest BCUT2D eigenvalue weighted by atomic mass is 16.5. The lowest BCUT2D eigenvalue weighted by Crippen LogP contribution is -2.00. The number of hydrogen-bond donors (Lipinski definition) is 0. The van der Waals surface area contributed by atoms with Crippen LogP contribution in [0.1, 0.15) is 27.2 Å². The lowest BCUT2D eigenvalue weighted by atomic mass is 10.4. The van der Waals surface area contributed by atoms with Gasteiger partial charge in [0.05, 0.1) is 6.61 Å². The van der Waals surface area contributed by atoms with Gasteiger partial charge in [0.25, 0.3) is 0 Å². The molecule has 2 nitrogen and oxygen atoms in total. The van der Waals surface area contributed by atoms with Gasteiger partial charge in [0, 0.05) is 6.08 Å². The van der Waals surface area contributed by atoms with Crippen LogP contribution in [0, 0.1) is 0 Å². The average Bonchev–Trinajstić information content (AvgIpc) is 2.08. The summed E-state index contributed by atoms with van der Waals surface area (Å²) in [4.78, 5) is 10.3. The van der Waals surface area contributed by atoms with Crippen LogP contribution in [0.4, 0.5) is 0 Å². The number of esters is 1. The lowest BCUT2D eigenvalue weighted by molar-refractivity contribution is -0.137. The van der Waals surface area contributed by atoms with Crippen molar-refractivity contribution in [3.05, 3.63) is 25.8 Å². The van der Waals surface area contributed by atoms with Gasteiger partial charge in [-0.25, -0.2) is 4.79 Å². The first-order chi connectivity index (χ1) is 5.31. The van der Waals surface area contributed by atoms with E-state index in [9.17, 15) is 4.79 Å². The summed E-state index contributed by atoms with van der Waals surface area (Å²) in [5, 5.41) is 0. The molecule has 0 saturated carbocycles. The molecule has 12 heavy (non-hydrogen) atoms. The van der Waals surface area contributed by atoms with Crippen molar-refractivity contribution in [2.24, 2.45) is 0 Å². The Kier molecular flexibility index (Phi) is 23.6. The van der Waals surface area contributed by atoms with Gasteiger partial charge in [-0.3, -0.25) is 0 Å². The molecule has 0 bridgehead atoms. The zero-order valence-electron chi connectivity index (χ0n) is 7.14. The minimum Gasteiger partial charge on any atom is -0.463 e. The second kappa shape index (κ2) is 16.5. The average molecular weight is 172 g/mol. The maximum Gasteiger partial charge on any atom is 0.330 e. The molecule has 0 radical (unpaired) electrons. The molecule has 0 aliphatic carbocycles. The number of rotatable bonds is 4. The van der Waals surface area contributed by atoms with Gasteiger partial charge in [0.15, 0.2) is 0 Å². The highest BCUT2D eigenvalue weighted by molar-refractivity contribution is 5.81. The number of unbranched alkanes of at least 4 members (excludes halogenated alkanes) is 1. The Balaban J connectivity index is -0.000000249. The number of ether oxygens (including phenoxy) is 1. The van der Waals surface area contributed by atoms with Crippen LogP contribution in [0.5, 0.6) is 0 Å². The lowest BCUT2D eigenvalue weighted by Gasteiger charge is -1.97. The molecule has 72 valence electrons. The Labute approximate surface area is 75.9 Å². The fourth-order valence-corrected chi connectivity index (χ4v) is 0.376. The van der Waals surface area contributed by atoms with Crippen molar-refractivity contribution in [3.63, 3.8) is 0 Å². The molecule has 0 fully saturated rings. The first-order valence-corrected chi connectivity index (χ1v) is 3.60. The maximum atomic E-state index is 10.3. The van der Waals surface area contributed by atoms with Crippen molar-refractivity contribution in [2.45, 2.75) is 27.2 Å². The fraction of sp³-hybridized carbons (Fsp3) is 0.500. The highest BCUT2D eigenvalue weighted by Crippen LogP contribution is 1.88. The Morgan fingerprint density at radius 1 is 1.50 bits per heavy atom. The van der Waals surface area contributed by atoms with E-state index in [1.54, 1.807) is 0 Å². The summed E-state index contributed by atoms with van der Waals surface area (Å²) in [7, 11) is 0. The van der Waals surface area contributed by atoms with E-state index in [0.717, 1.165) is 12.8 Å². The zero-order chi connectivity index (χ0) is 9.11. The van der Waals surface area contributed by atoms with E-state index in [1.807, 2.05) is 6.92 Å². The maximum absolute atomic E-state index is 10.3. The molecule has 0 amide bonds. The second-order valence-corrected chi connectivity index (χ2v) is 1.73. The molecular formula is C10H20O2. The van der Waals surface area contributed by atoms with Crippen molar-refractivity contribution in [3.8, 4) is 0 Å². The summed E-state index contributed by atoms with van der Waals surface area (Å²) in [6, 6.07) is 0. The van der Waals surface area contributed by atoms with Crippen LogP contribution < -0.4 is 0 Å². The molecule has 0 atom stereocenters. The zero-order valence-corrected chi connectivity index (χ0v) is 7.14. The SMILES string of the molecule is C.C=C.C=CC(=O)OCCCC. The molecule has 0 heterocycles. The van der Waals surface area contributed by atoms with Crippen molar-refractivity contribution in [2.75, 3.05) is 6.61 Å². The molecule has 0 aromatic heterocycles. The largest absolute Gasteiger partial charge is 0.463 e. The normalized spacial score (nSPS) is 6.75. The van der Waals surface area contributed by atoms with Gasteiger partial charge in [-0.1, -0.05) is 27.4 Å². The molecule has 0 aromatic rings. The van der Waals surface area contributed by atoms with Crippen molar-refractivity contribution in [1.29, 1.82) is 0 Å². The monoisotopic (exact) mass is 172 g/mol. The second-order valence-electron chi connectivity index (χ2n) is 1.73. The topological polar surface area (TPSA) is 26.3 Å². The Hall–Kier alpha value is -1.05. The highest BCUT2D eigenvalue weighted by Gasteiger charge is 1.91. The summed E-state index contributed by atoms with van der Waals surface area (Å²) in [6.45, 7) is 11.8. The van der Waals surface area contributed by atoms with E-state index in [-0.39, 0.29) is 13.4 Å². The van der Waals surface area contributed by atoms with E-state index in [4.69, 9.17) is 0 Å². The minimum absolute atomic E-state index is 0. The molecule has 0 aliphatic rings. The number of hydrogen-bond acceptors (Lipinski definition) is 2. The van der Waals surface area contributed by atoms with Crippen LogP contribution in [-0.2, 0) is 9.53 Å². The molecule has 0 N–H and O–H groups in total. The molecule has 2 heteroatoms. The van der Waals surface area contributed by atoms with Gasteiger partial charge in [0.1, 0.15) is 0 Å². The molecular weight excluding hydrogens is 152 g/mol. The van der Waals surface area contributed by atoms with Crippen LogP contribution >= 0.6 is 0 Å². The Morgan fingerprint density at radius 3 is 2.33 bits per heavy atom. The smallest absolute Gasteiger partial charge is 0.330 e. The van der Waals surface area contributed by atoms with Crippen molar-refractivity contribution >= 4 is 5.97 Å². The Morgan fingerprint density at radius 2 is 2.00 bits per heavy atom.